The van der Waals surface area contributed by atoms with Crippen molar-refractivity contribution in [3.8, 4) is 5.75 Å². The molecular formula is C21H23N3O4. The summed E-state index contributed by atoms with van der Waals surface area (Å²) in [5.74, 6) is -0.523. The van der Waals surface area contributed by atoms with Gasteiger partial charge in [-0.2, -0.15) is 0 Å². The normalized spacial score (nSPS) is 15.8. The number of carbonyl (C=O) groups excluding carboxylic acids is 3. The molecule has 4 N–H and O–H groups in total. The fourth-order valence-electron chi connectivity index (χ4n) is 3.08. The van der Waals surface area contributed by atoms with Gasteiger partial charge in [0, 0.05) is 25.8 Å². The summed E-state index contributed by atoms with van der Waals surface area (Å²) in [6.07, 6.45) is 0.158. The van der Waals surface area contributed by atoms with Crippen LogP contribution in [0.5, 0.6) is 5.75 Å². The Bertz CT molecular complexity index is 829. The monoisotopic (exact) mass is 381 g/mol. The van der Waals surface area contributed by atoms with E-state index >= 15 is 0 Å². The van der Waals surface area contributed by atoms with Crippen LogP contribution in [0.4, 0.5) is 0 Å². The van der Waals surface area contributed by atoms with Gasteiger partial charge in [0.25, 0.3) is 5.91 Å². The number of para-hydroxylation sites is 1. The van der Waals surface area contributed by atoms with E-state index in [1.54, 1.807) is 0 Å². The molecule has 7 heteroatoms. The smallest absolute Gasteiger partial charge is 0.262 e. The van der Waals surface area contributed by atoms with Gasteiger partial charge in [0.15, 0.2) is 6.10 Å². The van der Waals surface area contributed by atoms with Crippen molar-refractivity contribution in [2.45, 2.75) is 31.4 Å². The van der Waals surface area contributed by atoms with Gasteiger partial charge in [-0.3, -0.25) is 14.4 Å². The Morgan fingerprint density at radius 1 is 1.07 bits per heavy atom. The lowest BCUT2D eigenvalue weighted by molar-refractivity contribution is -0.132. The number of primary amides is 1. The summed E-state index contributed by atoms with van der Waals surface area (Å²) < 4.78 is 5.71. The molecule has 28 heavy (non-hydrogen) atoms. The first-order valence-electron chi connectivity index (χ1n) is 9.18. The van der Waals surface area contributed by atoms with Gasteiger partial charge in [-0.15, -0.1) is 0 Å². The van der Waals surface area contributed by atoms with Crippen LogP contribution >= 0.6 is 0 Å². The molecule has 0 unspecified atom stereocenters. The third-order valence-corrected chi connectivity index (χ3v) is 4.53. The van der Waals surface area contributed by atoms with Gasteiger partial charge in [0.2, 0.25) is 11.8 Å². The molecule has 3 amide bonds. The fourth-order valence-corrected chi connectivity index (χ4v) is 3.08. The summed E-state index contributed by atoms with van der Waals surface area (Å²) >= 11 is 0. The highest BCUT2D eigenvalue weighted by atomic mass is 16.5. The number of fused-ring (bicyclic) bond motifs is 1. The highest BCUT2D eigenvalue weighted by Crippen LogP contribution is 2.28. The summed E-state index contributed by atoms with van der Waals surface area (Å²) in [6.45, 7) is 0.126. The topological polar surface area (TPSA) is 111 Å². The first-order valence-corrected chi connectivity index (χ1v) is 9.18. The summed E-state index contributed by atoms with van der Waals surface area (Å²) in [6, 6.07) is 16.1. The number of nitrogens with one attached hydrogen (secondary N) is 2. The van der Waals surface area contributed by atoms with Crippen LogP contribution in [0.15, 0.2) is 54.6 Å². The molecule has 2 aromatic carbocycles. The van der Waals surface area contributed by atoms with E-state index in [2.05, 4.69) is 10.6 Å². The van der Waals surface area contributed by atoms with Crippen LogP contribution in [0.3, 0.4) is 0 Å². The van der Waals surface area contributed by atoms with Crippen LogP contribution in [-0.2, 0) is 27.2 Å². The minimum Gasteiger partial charge on any atom is -0.480 e. The molecule has 1 aliphatic heterocycles. The summed E-state index contributed by atoms with van der Waals surface area (Å²) in [7, 11) is 0. The predicted molar refractivity (Wildman–Crippen MR) is 103 cm³/mol. The number of hydrogen-bond donors (Lipinski definition) is 3. The number of amides is 3. The third-order valence-electron chi connectivity index (χ3n) is 4.53. The summed E-state index contributed by atoms with van der Waals surface area (Å²) in [5.41, 5.74) is 6.98. The van der Waals surface area contributed by atoms with Gasteiger partial charge in [-0.05, 0) is 17.2 Å². The third kappa shape index (κ3) is 5.09. The number of benzene rings is 2. The van der Waals surface area contributed by atoms with E-state index < -0.39 is 18.1 Å². The van der Waals surface area contributed by atoms with E-state index in [-0.39, 0.29) is 24.8 Å². The van der Waals surface area contributed by atoms with Crippen molar-refractivity contribution in [1.82, 2.24) is 10.6 Å². The second-order valence-electron chi connectivity index (χ2n) is 6.68. The van der Waals surface area contributed by atoms with Gasteiger partial charge < -0.3 is 21.1 Å². The highest BCUT2D eigenvalue weighted by Gasteiger charge is 2.31. The van der Waals surface area contributed by atoms with Crippen molar-refractivity contribution >= 4 is 17.7 Å². The molecule has 0 aromatic heterocycles. The molecule has 0 radical (unpaired) electrons. The molecule has 146 valence electrons. The molecule has 0 saturated carbocycles. The van der Waals surface area contributed by atoms with Crippen LogP contribution in [-0.4, -0.2) is 36.4 Å². The number of rotatable bonds is 8. The van der Waals surface area contributed by atoms with E-state index in [1.165, 1.54) is 0 Å². The van der Waals surface area contributed by atoms with E-state index in [0.717, 1.165) is 11.1 Å². The largest absolute Gasteiger partial charge is 0.480 e. The molecule has 3 rings (SSSR count). The van der Waals surface area contributed by atoms with Crippen LogP contribution in [0.25, 0.3) is 0 Å². The molecule has 2 aromatic rings. The second kappa shape index (κ2) is 9.03. The Morgan fingerprint density at radius 2 is 1.79 bits per heavy atom. The Kier molecular flexibility index (Phi) is 6.26. The molecular weight excluding hydrogens is 358 g/mol. The van der Waals surface area contributed by atoms with E-state index in [1.807, 2.05) is 54.6 Å². The Hall–Kier alpha value is -3.35. The molecule has 0 spiro atoms. The van der Waals surface area contributed by atoms with Crippen LogP contribution < -0.4 is 21.1 Å². The fraction of sp³-hybridized carbons (Fsp3) is 0.286. The van der Waals surface area contributed by atoms with E-state index in [4.69, 9.17) is 10.5 Å². The predicted octanol–water partition coefficient (Wildman–Crippen LogP) is 0.709. The first-order chi connectivity index (χ1) is 13.5. The lowest BCUT2D eigenvalue weighted by Crippen LogP contribution is -2.51. The minimum atomic E-state index is -0.782. The van der Waals surface area contributed by atoms with Crippen molar-refractivity contribution < 1.29 is 19.1 Å². The van der Waals surface area contributed by atoms with Crippen LogP contribution in [0.2, 0.25) is 0 Å². The zero-order chi connectivity index (χ0) is 19.9. The second-order valence-corrected chi connectivity index (χ2v) is 6.68. The molecule has 7 nitrogen and oxygen atoms in total. The molecule has 1 heterocycles. The maximum absolute atomic E-state index is 12.7. The average Bonchev–Trinajstić information content (AvgIpc) is 3.12. The lowest BCUT2D eigenvalue weighted by Gasteiger charge is -2.20. The number of hydrogen-bond acceptors (Lipinski definition) is 4. The number of ether oxygens (including phenoxy) is 1. The first kappa shape index (κ1) is 19.4. The van der Waals surface area contributed by atoms with Gasteiger partial charge in [-0.25, -0.2) is 0 Å². The summed E-state index contributed by atoms with van der Waals surface area (Å²) in [5, 5.41) is 5.44. The van der Waals surface area contributed by atoms with E-state index in [0.29, 0.717) is 18.6 Å². The van der Waals surface area contributed by atoms with Crippen molar-refractivity contribution in [2.75, 3.05) is 6.54 Å². The lowest BCUT2D eigenvalue weighted by atomic mass is 10.0. The van der Waals surface area contributed by atoms with Crippen LogP contribution in [0.1, 0.15) is 17.5 Å². The average molecular weight is 381 g/mol. The molecule has 0 fully saturated rings. The number of nitrogens with two attached hydrogens (primary N) is 1. The Morgan fingerprint density at radius 3 is 2.50 bits per heavy atom. The molecule has 2 atom stereocenters. The highest BCUT2D eigenvalue weighted by molar-refractivity contribution is 5.90. The van der Waals surface area contributed by atoms with Gasteiger partial charge in [-0.1, -0.05) is 48.5 Å². The van der Waals surface area contributed by atoms with Gasteiger partial charge in [0.1, 0.15) is 11.8 Å². The molecule has 0 saturated heterocycles. The van der Waals surface area contributed by atoms with Gasteiger partial charge in [0.05, 0.1) is 0 Å². The maximum atomic E-state index is 12.7. The molecule has 1 aliphatic rings. The Labute approximate surface area is 163 Å². The standard InChI is InChI=1S/C21H23N3O4/c22-19(25)10-11-23-20(26)16(12-14-6-2-1-3-7-14)24-21(27)18-13-15-8-4-5-9-17(15)28-18/h1-9,16,18H,10-13H2,(H2,22,25)(H,23,26)(H,24,27)/t16-,18-/m0/s1. The maximum Gasteiger partial charge on any atom is 0.262 e. The zero-order valence-corrected chi connectivity index (χ0v) is 15.4. The van der Waals surface area contributed by atoms with Gasteiger partial charge >= 0.3 is 0 Å². The zero-order valence-electron chi connectivity index (χ0n) is 15.4. The molecule has 0 aliphatic carbocycles. The van der Waals surface area contributed by atoms with Crippen molar-refractivity contribution in [3.63, 3.8) is 0 Å². The summed E-state index contributed by atoms with van der Waals surface area (Å²) in [4.78, 5) is 36.2. The van der Waals surface area contributed by atoms with E-state index in [9.17, 15) is 14.4 Å². The Balaban J connectivity index is 1.65. The number of carbonyl (C=O) groups is 3. The van der Waals surface area contributed by atoms with Crippen molar-refractivity contribution in [1.29, 1.82) is 0 Å². The minimum absolute atomic E-state index is 0.0405. The van der Waals surface area contributed by atoms with Crippen LogP contribution in [0, 0.1) is 0 Å². The van der Waals surface area contributed by atoms with Crippen molar-refractivity contribution in [2.24, 2.45) is 5.73 Å². The molecule has 0 bridgehead atoms. The SMILES string of the molecule is NC(=O)CCNC(=O)[C@H](Cc1ccccc1)NC(=O)[C@@H]1Cc2ccccc2O1. The van der Waals surface area contributed by atoms with Crippen molar-refractivity contribution in [3.05, 3.63) is 65.7 Å². The quantitative estimate of drug-likeness (QED) is 0.625.